The molecule has 6 rings (SSSR count). The summed E-state index contributed by atoms with van der Waals surface area (Å²) in [5, 5.41) is 4.63. The van der Waals surface area contributed by atoms with E-state index in [4.69, 9.17) is 33.8 Å². The molecule has 0 saturated carbocycles. The predicted molar refractivity (Wildman–Crippen MR) is 204 cm³/mol. The number of halogens is 4. The molecule has 2 fully saturated rings. The molecule has 51 heavy (non-hydrogen) atoms. The van der Waals surface area contributed by atoms with Gasteiger partial charge in [0.15, 0.2) is 0 Å². The van der Waals surface area contributed by atoms with Crippen LogP contribution in [-0.2, 0) is 21.4 Å². The Kier molecular flexibility index (Phi) is 13.2. The Bertz CT molecular complexity index is 2060. The van der Waals surface area contributed by atoms with Crippen LogP contribution in [0.4, 0.5) is 0 Å². The second-order valence-corrected chi connectivity index (χ2v) is 14.8. The zero-order valence-corrected chi connectivity index (χ0v) is 31.9. The van der Waals surface area contributed by atoms with Gasteiger partial charge >= 0.3 is 0 Å². The molecule has 2 N–H and O–H groups in total. The Hall–Kier alpha value is -3.65. The van der Waals surface area contributed by atoms with E-state index in [1.54, 1.807) is 40.1 Å². The van der Waals surface area contributed by atoms with Crippen molar-refractivity contribution in [2.24, 2.45) is 10.9 Å². The fourth-order valence-electron chi connectivity index (χ4n) is 6.45. The molecule has 0 radical (unpaired) electrons. The highest BCUT2D eigenvalue weighted by Gasteiger charge is 2.43. The number of carbonyl (C=O) groups excluding carboxylic acids is 2. The molecule has 0 aliphatic carbocycles. The topological polar surface area (TPSA) is 138 Å². The lowest BCUT2D eigenvalue weighted by Gasteiger charge is -2.37. The number of benzene rings is 3. The Balaban J connectivity index is 0.00000292. The Morgan fingerprint density at radius 2 is 1.67 bits per heavy atom. The first-order valence-corrected chi connectivity index (χ1v) is 18.1. The summed E-state index contributed by atoms with van der Waals surface area (Å²) in [5.74, 6) is 5.28. The van der Waals surface area contributed by atoms with Gasteiger partial charge in [0.1, 0.15) is 28.8 Å². The van der Waals surface area contributed by atoms with Crippen LogP contribution in [0.2, 0.25) is 10.0 Å². The molecule has 16 heteroatoms. The summed E-state index contributed by atoms with van der Waals surface area (Å²) in [4.78, 5) is 34.7. The van der Waals surface area contributed by atoms with E-state index in [-0.39, 0.29) is 77.8 Å². The first-order chi connectivity index (χ1) is 23.5. The summed E-state index contributed by atoms with van der Waals surface area (Å²) in [5.41, 5.74) is 4.20. The fourth-order valence-corrected chi connectivity index (χ4v) is 8.97. The Morgan fingerprint density at radius 3 is 2.35 bits per heavy atom. The zero-order valence-electron chi connectivity index (χ0n) is 27.9. The molecule has 11 nitrogen and oxygen atoms in total. The van der Waals surface area contributed by atoms with Crippen molar-refractivity contribution >= 4 is 87.0 Å². The number of hydrazone groups is 1. The number of fused-ring (bicyclic) bond motifs is 1. The van der Waals surface area contributed by atoms with Gasteiger partial charge in [0.2, 0.25) is 15.9 Å². The van der Waals surface area contributed by atoms with E-state index in [0.717, 1.165) is 22.2 Å². The van der Waals surface area contributed by atoms with E-state index in [1.807, 2.05) is 32.0 Å². The number of hydrogen-bond donors (Lipinski definition) is 1. The number of nitrogens with zero attached hydrogens (tertiary/aromatic N) is 5. The van der Waals surface area contributed by atoms with Crippen LogP contribution in [0.1, 0.15) is 45.6 Å². The Labute approximate surface area is 319 Å². The monoisotopic (exact) mass is 794 g/mol. The number of nitrogens with two attached hydrogens (primary N) is 1. The predicted octanol–water partition coefficient (Wildman–Crippen LogP) is 6.01. The summed E-state index contributed by atoms with van der Waals surface area (Å²) in [6.45, 7) is 5.23. The van der Waals surface area contributed by atoms with Gasteiger partial charge in [0, 0.05) is 60.0 Å². The molecule has 1 atom stereocenters. The lowest BCUT2D eigenvalue weighted by Crippen LogP contribution is -2.55. The van der Waals surface area contributed by atoms with E-state index in [2.05, 4.69) is 10.1 Å². The number of aryl methyl sites for hydroxylation is 2. The average molecular weight is 797 g/mol. The third-order valence-electron chi connectivity index (χ3n) is 9.00. The summed E-state index contributed by atoms with van der Waals surface area (Å²) >= 11 is 13.3. The largest absolute Gasteiger partial charge is 0.487 e. The number of aromatic nitrogens is 1. The molecule has 4 aromatic rings. The van der Waals surface area contributed by atoms with Crippen molar-refractivity contribution in [2.45, 2.75) is 44.2 Å². The number of amides is 2. The van der Waals surface area contributed by atoms with E-state index in [9.17, 15) is 18.0 Å². The number of sulfonamides is 1. The van der Waals surface area contributed by atoms with Crippen LogP contribution in [0, 0.1) is 13.8 Å². The third-order valence-corrected chi connectivity index (χ3v) is 11.8. The molecule has 3 heterocycles. The van der Waals surface area contributed by atoms with Crippen LogP contribution in [0.3, 0.4) is 0 Å². The van der Waals surface area contributed by atoms with Crippen molar-refractivity contribution in [3.8, 4) is 5.75 Å². The highest BCUT2D eigenvalue weighted by atomic mass is 35.5. The number of para-hydroxylation sites is 1. The van der Waals surface area contributed by atoms with Gasteiger partial charge in [-0.25, -0.2) is 13.4 Å². The van der Waals surface area contributed by atoms with Crippen molar-refractivity contribution in [1.29, 1.82) is 0 Å². The molecule has 2 amide bonds. The van der Waals surface area contributed by atoms with Crippen LogP contribution in [0.15, 0.2) is 70.7 Å². The smallest absolute Gasteiger partial charge is 0.253 e. The lowest BCUT2D eigenvalue weighted by molar-refractivity contribution is -0.136. The van der Waals surface area contributed by atoms with Gasteiger partial charge in [0.05, 0.1) is 11.2 Å². The van der Waals surface area contributed by atoms with E-state index < -0.39 is 16.1 Å². The summed E-state index contributed by atoms with van der Waals surface area (Å²) in [6.07, 6.45) is 2.39. The number of pyridine rings is 1. The van der Waals surface area contributed by atoms with E-state index in [1.165, 1.54) is 22.7 Å². The molecule has 272 valence electrons. The normalized spacial score (nSPS) is 16.6. The van der Waals surface area contributed by atoms with Crippen LogP contribution < -0.4 is 10.6 Å². The minimum Gasteiger partial charge on any atom is -0.487 e. The molecular formula is C35H38Cl4N6O5S. The van der Waals surface area contributed by atoms with Gasteiger partial charge in [-0.1, -0.05) is 47.5 Å². The van der Waals surface area contributed by atoms with Gasteiger partial charge in [-0.3, -0.25) is 9.59 Å². The van der Waals surface area contributed by atoms with Gasteiger partial charge in [-0.05, 0) is 74.2 Å². The van der Waals surface area contributed by atoms with Crippen molar-refractivity contribution in [3.05, 3.63) is 98.7 Å². The number of carbonyl (C=O) groups is 2. The highest BCUT2D eigenvalue weighted by molar-refractivity contribution is 7.89. The second-order valence-electron chi connectivity index (χ2n) is 12.2. The first kappa shape index (κ1) is 40.1. The van der Waals surface area contributed by atoms with Crippen LogP contribution in [0.5, 0.6) is 5.75 Å². The minimum absolute atomic E-state index is 0. The minimum atomic E-state index is -4.19. The average Bonchev–Trinajstić information content (AvgIpc) is 3.59. The number of piperazine rings is 1. The van der Waals surface area contributed by atoms with Gasteiger partial charge in [0.25, 0.3) is 5.91 Å². The van der Waals surface area contributed by atoms with Gasteiger partial charge in [-0.2, -0.15) is 9.41 Å². The molecule has 0 spiro atoms. The van der Waals surface area contributed by atoms with Crippen molar-refractivity contribution in [2.75, 3.05) is 32.7 Å². The highest BCUT2D eigenvalue weighted by Crippen LogP contribution is 2.37. The van der Waals surface area contributed by atoms with Crippen LogP contribution in [-0.4, -0.2) is 84.3 Å². The number of rotatable bonds is 8. The third kappa shape index (κ3) is 8.21. The molecular weight excluding hydrogens is 758 g/mol. The molecule has 1 aromatic heterocycles. The molecule has 2 aliphatic heterocycles. The standard InChI is InChI=1S/C35H36Cl2N6O5S.2ClH/c1-22-19-23(2)40-33-26(22)5-3-7-30(33)48-21-27-28(36)12-13-31(32(27)37)49(46,47)43-14-4-6-29(43)35(45)42-17-15-41(16-18-42)34(44)25-10-8-24(9-11-25)20-39-38;;/h3,5,7-13,19-20,29H,4,6,14-18,21,38H2,1-2H3;2*1H/t29-;;/m0../s1. The maximum Gasteiger partial charge on any atom is 0.253 e. The summed E-state index contributed by atoms with van der Waals surface area (Å²) < 4.78 is 35.6. The van der Waals surface area contributed by atoms with Gasteiger partial charge < -0.3 is 20.4 Å². The second kappa shape index (κ2) is 16.8. The zero-order chi connectivity index (χ0) is 34.9. The molecule has 0 bridgehead atoms. The van der Waals surface area contributed by atoms with Crippen LogP contribution >= 0.6 is 48.0 Å². The van der Waals surface area contributed by atoms with Gasteiger partial charge in [-0.15, -0.1) is 24.8 Å². The van der Waals surface area contributed by atoms with Crippen molar-refractivity contribution in [3.63, 3.8) is 0 Å². The molecule has 0 unspecified atom stereocenters. The van der Waals surface area contributed by atoms with E-state index >= 15 is 0 Å². The maximum atomic E-state index is 14.1. The van der Waals surface area contributed by atoms with Crippen molar-refractivity contribution < 1.29 is 22.7 Å². The Morgan fingerprint density at radius 1 is 0.980 bits per heavy atom. The lowest BCUT2D eigenvalue weighted by atomic mass is 10.1. The molecule has 3 aromatic carbocycles. The molecule has 2 aliphatic rings. The van der Waals surface area contributed by atoms with Crippen LogP contribution in [0.25, 0.3) is 10.9 Å². The quantitative estimate of drug-likeness (QED) is 0.131. The first-order valence-electron chi connectivity index (χ1n) is 15.9. The maximum absolute atomic E-state index is 14.1. The summed E-state index contributed by atoms with van der Waals surface area (Å²) in [6, 6.07) is 16.5. The fraction of sp³-hybridized carbons (Fsp3) is 0.314. The van der Waals surface area contributed by atoms with Crippen molar-refractivity contribution in [1.82, 2.24) is 19.1 Å². The number of ether oxygens (including phenoxy) is 1. The number of hydrogen-bond acceptors (Lipinski definition) is 8. The molecule has 2 saturated heterocycles. The SMILES string of the molecule is Cc1cc(C)c2cccc(OCc3c(Cl)ccc(S(=O)(=O)N4CCC[C@H]4C(=O)N4CCN(C(=O)c5ccc(C=NN)cc5)CC4)c3Cl)c2n1.Cl.Cl. The van der Waals surface area contributed by atoms with E-state index in [0.29, 0.717) is 48.3 Å². The summed E-state index contributed by atoms with van der Waals surface area (Å²) in [7, 11) is -4.19.